The van der Waals surface area contributed by atoms with Crippen LogP contribution in [0.5, 0.6) is 0 Å². The van der Waals surface area contributed by atoms with Gasteiger partial charge in [0.2, 0.25) is 0 Å². The van der Waals surface area contributed by atoms with Gasteiger partial charge in [-0.05, 0) is 17.7 Å². The summed E-state index contributed by atoms with van der Waals surface area (Å²) in [5, 5.41) is 0. The lowest BCUT2D eigenvalue weighted by Crippen LogP contribution is -2.27. The van der Waals surface area contributed by atoms with Crippen LogP contribution in [-0.4, -0.2) is 31.7 Å². The first-order valence-electron chi connectivity index (χ1n) is 5.43. The average molecular weight is 220 g/mol. The van der Waals surface area contributed by atoms with Gasteiger partial charge in [0.05, 0.1) is 6.61 Å². The molecule has 0 aliphatic carbocycles. The molecular weight excluding hydrogens is 200 g/mol. The molecule has 88 valence electrons. The molecule has 3 nitrogen and oxygen atoms in total. The molecular formula is C13H20N2O. The molecule has 0 saturated heterocycles. The van der Waals surface area contributed by atoms with Crippen LogP contribution in [0.4, 0.5) is 5.69 Å². The molecule has 0 fully saturated rings. The first kappa shape index (κ1) is 12.7. The second-order valence-corrected chi connectivity index (χ2v) is 3.76. The smallest absolute Gasteiger partial charge is 0.0589 e. The minimum absolute atomic E-state index is 0.739. The van der Waals surface area contributed by atoms with Crippen molar-refractivity contribution in [2.24, 2.45) is 0 Å². The van der Waals surface area contributed by atoms with Crippen molar-refractivity contribution in [2.45, 2.75) is 6.54 Å². The molecule has 0 spiro atoms. The van der Waals surface area contributed by atoms with Gasteiger partial charge in [-0.1, -0.05) is 18.2 Å². The number of ether oxygens (including phenoxy) is 1. The van der Waals surface area contributed by atoms with Crippen molar-refractivity contribution in [3.63, 3.8) is 0 Å². The van der Waals surface area contributed by atoms with Crippen LogP contribution in [0.25, 0.3) is 0 Å². The minimum Gasteiger partial charge on any atom is -0.399 e. The minimum atomic E-state index is 0.739. The number of rotatable bonds is 7. The van der Waals surface area contributed by atoms with Crippen molar-refractivity contribution in [3.05, 3.63) is 42.5 Å². The van der Waals surface area contributed by atoms with Crippen LogP contribution in [0.1, 0.15) is 5.56 Å². The van der Waals surface area contributed by atoms with Crippen LogP contribution in [-0.2, 0) is 11.3 Å². The second-order valence-electron chi connectivity index (χ2n) is 3.76. The van der Waals surface area contributed by atoms with Crippen LogP contribution < -0.4 is 5.73 Å². The van der Waals surface area contributed by atoms with E-state index in [1.165, 1.54) is 5.56 Å². The van der Waals surface area contributed by atoms with Crippen molar-refractivity contribution >= 4 is 5.69 Å². The Morgan fingerprint density at radius 2 is 2.06 bits per heavy atom. The fraction of sp³-hybridized carbons (Fsp3) is 0.385. The standard InChI is InChI=1S/C13H20N2O/c1-3-8-15(9-10-16-2)11-12-4-6-13(14)7-5-12/h3-7H,1,8-11,14H2,2H3. The highest BCUT2D eigenvalue weighted by Crippen LogP contribution is 2.08. The third kappa shape index (κ3) is 4.47. The molecule has 0 radical (unpaired) electrons. The lowest BCUT2D eigenvalue weighted by Gasteiger charge is -2.20. The Labute approximate surface area is 97.5 Å². The molecule has 1 aromatic carbocycles. The Morgan fingerprint density at radius 1 is 1.38 bits per heavy atom. The predicted molar refractivity (Wildman–Crippen MR) is 68.2 cm³/mol. The molecule has 0 saturated carbocycles. The second kappa shape index (κ2) is 7.04. The number of methoxy groups -OCH3 is 1. The maximum absolute atomic E-state index is 5.65. The number of nitrogens with zero attached hydrogens (tertiary/aromatic N) is 1. The Morgan fingerprint density at radius 3 is 2.62 bits per heavy atom. The molecule has 0 heterocycles. The van der Waals surface area contributed by atoms with Gasteiger partial charge in [-0.3, -0.25) is 4.90 Å². The van der Waals surface area contributed by atoms with E-state index >= 15 is 0 Å². The van der Waals surface area contributed by atoms with E-state index in [0.29, 0.717) is 0 Å². The van der Waals surface area contributed by atoms with Crippen molar-refractivity contribution in [1.82, 2.24) is 4.90 Å². The fourth-order valence-electron chi connectivity index (χ4n) is 1.52. The summed E-state index contributed by atoms with van der Waals surface area (Å²) in [5.74, 6) is 0. The Kier molecular flexibility index (Phi) is 5.61. The molecule has 0 atom stereocenters. The van der Waals surface area contributed by atoms with Gasteiger partial charge in [0.25, 0.3) is 0 Å². The van der Waals surface area contributed by atoms with E-state index in [1.54, 1.807) is 7.11 Å². The average Bonchev–Trinajstić information content (AvgIpc) is 2.29. The Bertz CT molecular complexity index is 308. The molecule has 1 aromatic rings. The van der Waals surface area contributed by atoms with Gasteiger partial charge < -0.3 is 10.5 Å². The highest BCUT2D eigenvalue weighted by atomic mass is 16.5. The number of anilines is 1. The van der Waals surface area contributed by atoms with Gasteiger partial charge in [0, 0.05) is 32.4 Å². The summed E-state index contributed by atoms with van der Waals surface area (Å²) in [6.45, 7) is 7.18. The summed E-state index contributed by atoms with van der Waals surface area (Å²) in [5.41, 5.74) is 7.70. The number of nitrogens with two attached hydrogens (primary N) is 1. The van der Waals surface area contributed by atoms with Gasteiger partial charge >= 0.3 is 0 Å². The highest BCUT2D eigenvalue weighted by Gasteiger charge is 2.03. The van der Waals surface area contributed by atoms with E-state index in [4.69, 9.17) is 10.5 Å². The van der Waals surface area contributed by atoms with E-state index in [2.05, 4.69) is 23.6 Å². The lowest BCUT2D eigenvalue weighted by molar-refractivity contribution is 0.151. The van der Waals surface area contributed by atoms with Crippen LogP contribution in [0.3, 0.4) is 0 Å². The maximum atomic E-state index is 5.65. The van der Waals surface area contributed by atoms with Crippen molar-refractivity contribution in [2.75, 3.05) is 32.5 Å². The van der Waals surface area contributed by atoms with Crippen molar-refractivity contribution in [1.29, 1.82) is 0 Å². The summed E-state index contributed by atoms with van der Waals surface area (Å²) < 4.78 is 5.08. The molecule has 3 heteroatoms. The maximum Gasteiger partial charge on any atom is 0.0589 e. The molecule has 2 N–H and O–H groups in total. The number of hydrogen-bond acceptors (Lipinski definition) is 3. The zero-order valence-corrected chi connectivity index (χ0v) is 9.86. The molecule has 0 aliphatic rings. The lowest BCUT2D eigenvalue weighted by atomic mass is 10.2. The Hall–Kier alpha value is -1.32. The first-order chi connectivity index (χ1) is 7.76. The zero-order chi connectivity index (χ0) is 11.8. The summed E-state index contributed by atoms with van der Waals surface area (Å²) in [6.07, 6.45) is 1.91. The SMILES string of the molecule is C=CCN(CCOC)Cc1ccc(N)cc1. The largest absolute Gasteiger partial charge is 0.399 e. The fourth-order valence-corrected chi connectivity index (χ4v) is 1.52. The molecule has 1 rings (SSSR count). The van der Waals surface area contributed by atoms with E-state index in [0.717, 1.165) is 31.9 Å². The highest BCUT2D eigenvalue weighted by molar-refractivity contribution is 5.39. The number of benzene rings is 1. The predicted octanol–water partition coefficient (Wildman–Crippen LogP) is 1.90. The van der Waals surface area contributed by atoms with Gasteiger partial charge in [-0.15, -0.1) is 6.58 Å². The summed E-state index contributed by atoms with van der Waals surface area (Å²) in [4.78, 5) is 2.28. The van der Waals surface area contributed by atoms with Gasteiger partial charge in [0.1, 0.15) is 0 Å². The van der Waals surface area contributed by atoms with Crippen LogP contribution in [0, 0.1) is 0 Å². The quantitative estimate of drug-likeness (QED) is 0.563. The van der Waals surface area contributed by atoms with Crippen molar-refractivity contribution in [3.8, 4) is 0 Å². The zero-order valence-electron chi connectivity index (χ0n) is 9.86. The van der Waals surface area contributed by atoms with Crippen molar-refractivity contribution < 1.29 is 4.74 Å². The summed E-state index contributed by atoms with van der Waals surface area (Å²) >= 11 is 0. The van der Waals surface area contributed by atoms with E-state index in [9.17, 15) is 0 Å². The molecule has 16 heavy (non-hydrogen) atoms. The molecule has 0 unspecified atom stereocenters. The molecule has 0 aliphatic heterocycles. The normalized spacial score (nSPS) is 10.6. The summed E-state index contributed by atoms with van der Waals surface area (Å²) in [7, 11) is 1.72. The van der Waals surface area contributed by atoms with Crippen LogP contribution in [0.2, 0.25) is 0 Å². The molecule has 0 aromatic heterocycles. The van der Waals surface area contributed by atoms with Gasteiger partial charge in [-0.2, -0.15) is 0 Å². The Balaban J connectivity index is 2.52. The number of hydrogen-bond donors (Lipinski definition) is 1. The van der Waals surface area contributed by atoms with E-state index in [-0.39, 0.29) is 0 Å². The third-order valence-corrected chi connectivity index (χ3v) is 2.38. The molecule has 0 bridgehead atoms. The number of nitrogen functional groups attached to an aromatic ring is 1. The van der Waals surface area contributed by atoms with Crippen LogP contribution >= 0.6 is 0 Å². The van der Waals surface area contributed by atoms with Gasteiger partial charge in [-0.25, -0.2) is 0 Å². The monoisotopic (exact) mass is 220 g/mol. The first-order valence-corrected chi connectivity index (χ1v) is 5.43. The van der Waals surface area contributed by atoms with Crippen LogP contribution in [0.15, 0.2) is 36.9 Å². The summed E-state index contributed by atoms with van der Waals surface area (Å²) in [6, 6.07) is 7.96. The molecule has 0 amide bonds. The third-order valence-electron chi connectivity index (χ3n) is 2.38. The van der Waals surface area contributed by atoms with E-state index < -0.39 is 0 Å². The topological polar surface area (TPSA) is 38.5 Å². The van der Waals surface area contributed by atoms with Gasteiger partial charge in [0.15, 0.2) is 0 Å². The van der Waals surface area contributed by atoms with E-state index in [1.807, 2.05) is 18.2 Å².